The van der Waals surface area contributed by atoms with Gasteiger partial charge in [-0.25, -0.2) is 0 Å². The van der Waals surface area contributed by atoms with E-state index < -0.39 is 0 Å². The SMILES string of the molecule is O=C(c1ccncc1C#CCO)N1CCN(CCO)CC1. The molecule has 1 aliphatic rings. The second kappa shape index (κ2) is 7.74. The molecule has 2 N–H and O–H groups in total. The molecular formula is C15H19N3O3. The molecule has 1 aliphatic heterocycles. The molecule has 2 rings (SSSR count). The van der Waals surface area contributed by atoms with Gasteiger partial charge in [0.15, 0.2) is 0 Å². The van der Waals surface area contributed by atoms with E-state index in [1.165, 1.54) is 6.20 Å². The van der Waals surface area contributed by atoms with Crippen LogP contribution in [0.25, 0.3) is 0 Å². The molecule has 21 heavy (non-hydrogen) atoms. The van der Waals surface area contributed by atoms with Gasteiger partial charge < -0.3 is 15.1 Å². The number of piperazine rings is 1. The smallest absolute Gasteiger partial charge is 0.255 e. The van der Waals surface area contributed by atoms with Gasteiger partial charge in [-0.3, -0.25) is 14.7 Å². The van der Waals surface area contributed by atoms with Gasteiger partial charge in [0.25, 0.3) is 5.91 Å². The minimum atomic E-state index is -0.248. The van der Waals surface area contributed by atoms with Gasteiger partial charge >= 0.3 is 0 Å². The van der Waals surface area contributed by atoms with Crippen LogP contribution in [0.4, 0.5) is 0 Å². The second-order valence-electron chi connectivity index (χ2n) is 4.74. The van der Waals surface area contributed by atoms with Crippen LogP contribution in [0.15, 0.2) is 18.5 Å². The first-order valence-corrected chi connectivity index (χ1v) is 6.92. The van der Waals surface area contributed by atoms with Crippen LogP contribution in [0.5, 0.6) is 0 Å². The molecule has 0 saturated carbocycles. The van der Waals surface area contributed by atoms with Gasteiger partial charge in [0.1, 0.15) is 6.61 Å². The summed E-state index contributed by atoms with van der Waals surface area (Å²) in [4.78, 5) is 20.4. The zero-order valence-corrected chi connectivity index (χ0v) is 11.8. The highest BCUT2D eigenvalue weighted by atomic mass is 16.3. The lowest BCUT2D eigenvalue weighted by Gasteiger charge is -2.34. The minimum Gasteiger partial charge on any atom is -0.395 e. The van der Waals surface area contributed by atoms with Crippen molar-refractivity contribution >= 4 is 5.91 Å². The summed E-state index contributed by atoms with van der Waals surface area (Å²) in [5.41, 5.74) is 1.05. The summed E-state index contributed by atoms with van der Waals surface area (Å²) in [6, 6.07) is 1.66. The second-order valence-corrected chi connectivity index (χ2v) is 4.74. The molecule has 1 aromatic rings. The summed E-state index contributed by atoms with van der Waals surface area (Å²) >= 11 is 0. The van der Waals surface area contributed by atoms with E-state index in [0.717, 1.165) is 13.1 Å². The molecular weight excluding hydrogens is 270 g/mol. The van der Waals surface area contributed by atoms with E-state index in [4.69, 9.17) is 10.2 Å². The number of nitrogens with zero attached hydrogens (tertiary/aromatic N) is 3. The third-order valence-corrected chi connectivity index (χ3v) is 3.43. The van der Waals surface area contributed by atoms with Crippen molar-refractivity contribution < 1.29 is 15.0 Å². The van der Waals surface area contributed by atoms with E-state index in [2.05, 4.69) is 21.7 Å². The maximum atomic E-state index is 12.5. The molecule has 6 heteroatoms. The Hall–Kier alpha value is -1.94. The Kier molecular flexibility index (Phi) is 5.69. The summed E-state index contributed by atoms with van der Waals surface area (Å²) in [5.74, 6) is 5.24. The predicted molar refractivity (Wildman–Crippen MR) is 77.6 cm³/mol. The highest BCUT2D eigenvalue weighted by Crippen LogP contribution is 2.12. The van der Waals surface area contributed by atoms with Crippen molar-refractivity contribution in [3.8, 4) is 11.8 Å². The maximum absolute atomic E-state index is 12.5. The first-order chi connectivity index (χ1) is 10.3. The number of aliphatic hydroxyl groups is 2. The topological polar surface area (TPSA) is 76.9 Å². The molecule has 1 aromatic heterocycles. The van der Waals surface area contributed by atoms with Gasteiger partial charge in [-0.2, -0.15) is 0 Å². The fraction of sp³-hybridized carbons (Fsp3) is 0.467. The summed E-state index contributed by atoms with van der Waals surface area (Å²) in [7, 11) is 0. The molecule has 0 radical (unpaired) electrons. The number of carbonyl (C=O) groups is 1. The molecule has 0 aromatic carbocycles. The average Bonchev–Trinajstić information content (AvgIpc) is 2.53. The molecule has 0 aliphatic carbocycles. The van der Waals surface area contributed by atoms with Crippen LogP contribution < -0.4 is 0 Å². The van der Waals surface area contributed by atoms with Crippen LogP contribution >= 0.6 is 0 Å². The van der Waals surface area contributed by atoms with Crippen LogP contribution in [-0.2, 0) is 0 Å². The average molecular weight is 289 g/mol. The zero-order valence-electron chi connectivity index (χ0n) is 11.8. The van der Waals surface area contributed by atoms with Crippen molar-refractivity contribution in [1.29, 1.82) is 0 Å². The molecule has 112 valence electrons. The Balaban J connectivity index is 2.07. The van der Waals surface area contributed by atoms with Gasteiger partial charge in [-0.15, -0.1) is 0 Å². The van der Waals surface area contributed by atoms with Crippen LogP contribution in [0.2, 0.25) is 0 Å². The Morgan fingerprint density at radius 2 is 2.05 bits per heavy atom. The monoisotopic (exact) mass is 289 g/mol. The van der Waals surface area contributed by atoms with Gasteiger partial charge in [0, 0.05) is 45.1 Å². The van der Waals surface area contributed by atoms with Crippen molar-refractivity contribution in [1.82, 2.24) is 14.8 Å². The van der Waals surface area contributed by atoms with Crippen LogP contribution in [-0.4, -0.2) is 76.8 Å². The zero-order chi connectivity index (χ0) is 15.1. The third-order valence-electron chi connectivity index (χ3n) is 3.43. The summed E-state index contributed by atoms with van der Waals surface area (Å²) < 4.78 is 0. The normalized spacial score (nSPS) is 15.4. The number of hydrogen-bond acceptors (Lipinski definition) is 5. The van der Waals surface area contributed by atoms with Crippen molar-refractivity contribution in [2.24, 2.45) is 0 Å². The maximum Gasteiger partial charge on any atom is 0.255 e. The number of hydrogen-bond donors (Lipinski definition) is 2. The van der Waals surface area contributed by atoms with E-state index in [0.29, 0.717) is 30.8 Å². The number of β-amino-alcohol motifs (C(OH)–C–C–N with tert-alkyl or cyclic N) is 1. The minimum absolute atomic E-state index is 0.0664. The fourth-order valence-corrected chi connectivity index (χ4v) is 2.30. The number of aliphatic hydroxyl groups excluding tert-OH is 2. The number of amides is 1. The number of rotatable bonds is 3. The van der Waals surface area contributed by atoms with Crippen LogP contribution in [0.3, 0.4) is 0 Å². The van der Waals surface area contributed by atoms with E-state index >= 15 is 0 Å². The summed E-state index contributed by atoms with van der Waals surface area (Å²) in [6.45, 7) is 3.32. The molecule has 1 amide bonds. The molecule has 0 bridgehead atoms. The Morgan fingerprint density at radius 1 is 1.29 bits per heavy atom. The van der Waals surface area contributed by atoms with Crippen molar-refractivity contribution in [3.63, 3.8) is 0 Å². The van der Waals surface area contributed by atoms with Gasteiger partial charge in [0.05, 0.1) is 17.7 Å². The van der Waals surface area contributed by atoms with Gasteiger partial charge in [-0.1, -0.05) is 11.8 Å². The lowest BCUT2D eigenvalue weighted by Crippen LogP contribution is -2.49. The van der Waals surface area contributed by atoms with E-state index in [-0.39, 0.29) is 19.1 Å². The van der Waals surface area contributed by atoms with Crippen LogP contribution in [0.1, 0.15) is 15.9 Å². The summed E-state index contributed by atoms with van der Waals surface area (Å²) in [6.07, 6.45) is 3.11. The van der Waals surface area contributed by atoms with Crippen molar-refractivity contribution in [2.75, 3.05) is 45.9 Å². The van der Waals surface area contributed by atoms with Crippen molar-refractivity contribution in [2.45, 2.75) is 0 Å². The Morgan fingerprint density at radius 3 is 2.71 bits per heavy atom. The highest BCUT2D eigenvalue weighted by molar-refractivity contribution is 5.96. The molecule has 0 unspecified atom stereocenters. The predicted octanol–water partition coefficient (Wildman–Crippen LogP) is -0.825. The standard InChI is InChI=1S/C15H19N3O3/c19-10-1-2-13-12-16-4-3-14(13)15(21)18-7-5-17(6-8-18)9-11-20/h3-4,12,19-20H,5-11H2. The molecule has 1 saturated heterocycles. The molecule has 1 fully saturated rings. The van der Waals surface area contributed by atoms with E-state index in [1.807, 2.05) is 0 Å². The van der Waals surface area contributed by atoms with E-state index in [9.17, 15) is 4.79 Å². The first kappa shape index (κ1) is 15.4. The number of pyridine rings is 1. The Bertz CT molecular complexity index is 543. The lowest BCUT2D eigenvalue weighted by atomic mass is 10.1. The lowest BCUT2D eigenvalue weighted by molar-refractivity contribution is 0.0614. The first-order valence-electron chi connectivity index (χ1n) is 6.92. The quantitative estimate of drug-likeness (QED) is 0.711. The number of carbonyl (C=O) groups excluding carboxylic acids is 1. The molecule has 2 heterocycles. The molecule has 0 atom stereocenters. The van der Waals surface area contributed by atoms with Crippen LogP contribution in [0, 0.1) is 11.8 Å². The fourth-order valence-electron chi connectivity index (χ4n) is 2.30. The summed E-state index contributed by atoms with van der Waals surface area (Å²) in [5, 5.41) is 17.7. The highest BCUT2D eigenvalue weighted by Gasteiger charge is 2.23. The van der Waals surface area contributed by atoms with Gasteiger partial charge in [-0.05, 0) is 6.07 Å². The van der Waals surface area contributed by atoms with Gasteiger partial charge in [0.2, 0.25) is 0 Å². The Labute approximate surface area is 124 Å². The molecule has 6 nitrogen and oxygen atoms in total. The largest absolute Gasteiger partial charge is 0.395 e. The molecule has 0 spiro atoms. The van der Waals surface area contributed by atoms with Crippen molar-refractivity contribution in [3.05, 3.63) is 29.6 Å². The number of aromatic nitrogens is 1. The third kappa shape index (κ3) is 4.02. The van der Waals surface area contributed by atoms with E-state index in [1.54, 1.807) is 17.2 Å².